The van der Waals surface area contributed by atoms with E-state index in [-0.39, 0.29) is 0 Å². The molecule has 1 aromatic carbocycles. The summed E-state index contributed by atoms with van der Waals surface area (Å²) in [5, 5.41) is 3.31. The molecule has 11 heavy (non-hydrogen) atoms. The van der Waals surface area contributed by atoms with Crippen molar-refractivity contribution in [3.05, 3.63) is 29.3 Å². The zero-order valence-electron chi connectivity index (χ0n) is 6.23. The monoisotopic (exact) mass is 167 g/mol. The van der Waals surface area contributed by atoms with Crippen molar-refractivity contribution in [3.8, 4) is 0 Å². The number of hydrogen-bond acceptors (Lipinski definition) is 1. The van der Waals surface area contributed by atoms with Gasteiger partial charge in [-0.3, -0.25) is 0 Å². The highest BCUT2D eigenvalue weighted by molar-refractivity contribution is 6.17. The molecule has 0 fully saturated rings. The number of anilines is 1. The molecule has 1 aliphatic rings. The smallest absolute Gasteiger partial charge is 0.0474 e. The molecule has 0 unspecified atom stereocenters. The van der Waals surface area contributed by atoms with Crippen LogP contribution in [0.15, 0.2) is 18.2 Å². The maximum Gasteiger partial charge on any atom is 0.0474 e. The van der Waals surface area contributed by atoms with Crippen LogP contribution >= 0.6 is 11.6 Å². The summed E-state index contributed by atoms with van der Waals surface area (Å²) < 4.78 is 0. The summed E-state index contributed by atoms with van der Waals surface area (Å²) in [6.07, 6.45) is 1.14. The first-order valence-electron chi connectivity index (χ1n) is 3.82. The second-order valence-corrected chi connectivity index (χ2v) is 3.07. The van der Waals surface area contributed by atoms with E-state index < -0.39 is 0 Å². The lowest BCUT2D eigenvalue weighted by Crippen LogP contribution is -1.90. The number of hydrogen-bond donors (Lipinski definition) is 1. The van der Waals surface area contributed by atoms with Gasteiger partial charge in [-0.2, -0.15) is 0 Å². The van der Waals surface area contributed by atoms with E-state index in [9.17, 15) is 0 Å². The Morgan fingerprint density at radius 2 is 2.36 bits per heavy atom. The maximum atomic E-state index is 5.71. The van der Waals surface area contributed by atoms with Gasteiger partial charge in [-0.25, -0.2) is 0 Å². The Morgan fingerprint density at radius 3 is 3.18 bits per heavy atom. The van der Waals surface area contributed by atoms with Gasteiger partial charge in [-0.1, -0.05) is 12.1 Å². The summed E-state index contributed by atoms with van der Waals surface area (Å²) in [6.45, 7) is 1.07. The van der Waals surface area contributed by atoms with Gasteiger partial charge < -0.3 is 5.32 Å². The SMILES string of the molecule is ClCc1ccc2c(c1)CCN2. The summed E-state index contributed by atoms with van der Waals surface area (Å²) in [6, 6.07) is 6.37. The van der Waals surface area contributed by atoms with Crippen LogP contribution in [0.1, 0.15) is 11.1 Å². The molecule has 0 bridgehead atoms. The number of halogens is 1. The van der Waals surface area contributed by atoms with Crippen molar-refractivity contribution in [2.75, 3.05) is 11.9 Å². The molecule has 1 nitrogen and oxygen atoms in total. The molecule has 58 valence electrons. The van der Waals surface area contributed by atoms with Crippen molar-refractivity contribution in [2.45, 2.75) is 12.3 Å². The molecule has 2 heteroatoms. The van der Waals surface area contributed by atoms with Gasteiger partial charge in [0.1, 0.15) is 0 Å². The number of rotatable bonds is 1. The average molecular weight is 168 g/mol. The molecule has 0 radical (unpaired) electrons. The van der Waals surface area contributed by atoms with E-state index in [1.165, 1.54) is 16.8 Å². The van der Waals surface area contributed by atoms with Crippen LogP contribution in [-0.4, -0.2) is 6.54 Å². The molecule has 1 aromatic rings. The minimum Gasteiger partial charge on any atom is -0.384 e. The molecule has 1 N–H and O–H groups in total. The van der Waals surface area contributed by atoms with Gasteiger partial charge in [0, 0.05) is 18.1 Å². The first-order chi connectivity index (χ1) is 5.40. The van der Waals surface area contributed by atoms with E-state index in [1.54, 1.807) is 0 Å². The van der Waals surface area contributed by atoms with E-state index in [4.69, 9.17) is 11.6 Å². The first-order valence-corrected chi connectivity index (χ1v) is 4.35. The third kappa shape index (κ3) is 1.21. The molecule has 0 saturated carbocycles. The second kappa shape index (κ2) is 2.74. The Kier molecular flexibility index (Phi) is 1.74. The summed E-state index contributed by atoms with van der Waals surface area (Å²) in [5.41, 5.74) is 3.90. The topological polar surface area (TPSA) is 12.0 Å². The van der Waals surface area contributed by atoms with E-state index in [0.29, 0.717) is 5.88 Å². The third-order valence-electron chi connectivity index (χ3n) is 2.03. The maximum absolute atomic E-state index is 5.71. The van der Waals surface area contributed by atoms with Crippen molar-refractivity contribution < 1.29 is 0 Å². The Balaban J connectivity index is 2.41. The van der Waals surface area contributed by atoms with E-state index in [1.807, 2.05) is 0 Å². The fourth-order valence-electron chi connectivity index (χ4n) is 1.44. The van der Waals surface area contributed by atoms with Crippen molar-refractivity contribution >= 4 is 17.3 Å². The third-order valence-corrected chi connectivity index (χ3v) is 2.34. The quantitative estimate of drug-likeness (QED) is 0.634. The highest BCUT2D eigenvalue weighted by Gasteiger charge is 2.08. The normalized spacial score (nSPS) is 14.3. The van der Waals surface area contributed by atoms with E-state index in [0.717, 1.165) is 13.0 Å². The Labute approximate surface area is 71.4 Å². The molecule has 0 atom stereocenters. The number of nitrogens with one attached hydrogen (secondary N) is 1. The van der Waals surface area contributed by atoms with Crippen LogP contribution in [-0.2, 0) is 12.3 Å². The number of alkyl halides is 1. The van der Waals surface area contributed by atoms with Crippen LogP contribution in [0.5, 0.6) is 0 Å². The lowest BCUT2D eigenvalue weighted by Gasteiger charge is -2.00. The van der Waals surface area contributed by atoms with Crippen molar-refractivity contribution in [1.82, 2.24) is 0 Å². The van der Waals surface area contributed by atoms with Crippen molar-refractivity contribution in [3.63, 3.8) is 0 Å². The molecule has 2 rings (SSSR count). The Hall–Kier alpha value is -0.690. The molecule has 1 aliphatic heterocycles. The van der Waals surface area contributed by atoms with Crippen LogP contribution in [0, 0.1) is 0 Å². The predicted molar refractivity (Wildman–Crippen MR) is 48.2 cm³/mol. The van der Waals surface area contributed by atoms with Crippen molar-refractivity contribution in [1.29, 1.82) is 0 Å². The molecular formula is C9H10ClN. The van der Waals surface area contributed by atoms with Gasteiger partial charge in [0.05, 0.1) is 0 Å². The molecule has 0 spiro atoms. The van der Waals surface area contributed by atoms with Gasteiger partial charge in [-0.15, -0.1) is 11.6 Å². The predicted octanol–water partition coefficient (Wildman–Crippen LogP) is 2.39. The minimum atomic E-state index is 0.618. The Morgan fingerprint density at radius 1 is 1.45 bits per heavy atom. The Bertz CT molecular complexity index is 270. The second-order valence-electron chi connectivity index (χ2n) is 2.80. The van der Waals surface area contributed by atoms with Crippen LogP contribution in [0.3, 0.4) is 0 Å². The molecule has 0 saturated heterocycles. The lowest BCUT2D eigenvalue weighted by molar-refractivity contribution is 1.10. The van der Waals surface area contributed by atoms with Gasteiger partial charge in [0.2, 0.25) is 0 Å². The fraction of sp³-hybridized carbons (Fsp3) is 0.333. The molecular weight excluding hydrogens is 158 g/mol. The number of fused-ring (bicyclic) bond motifs is 1. The molecule has 0 aliphatic carbocycles. The average Bonchev–Trinajstić information content (AvgIpc) is 2.50. The highest BCUT2D eigenvalue weighted by Crippen LogP contribution is 2.23. The van der Waals surface area contributed by atoms with Gasteiger partial charge >= 0.3 is 0 Å². The van der Waals surface area contributed by atoms with E-state index >= 15 is 0 Å². The summed E-state index contributed by atoms with van der Waals surface area (Å²) in [5.74, 6) is 0.618. The summed E-state index contributed by atoms with van der Waals surface area (Å²) in [4.78, 5) is 0. The van der Waals surface area contributed by atoms with Crippen LogP contribution in [0.4, 0.5) is 5.69 Å². The molecule has 0 amide bonds. The standard InChI is InChI=1S/C9H10ClN/c10-6-7-1-2-9-8(5-7)3-4-11-9/h1-2,5,11H,3-4,6H2. The van der Waals surface area contributed by atoms with Gasteiger partial charge in [-0.05, 0) is 23.6 Å². The van der Waals surface area contributed by atoms with Crippen LogP contribution in [0.25, 0.3) is 0 Å². The highest BCUT2D eigenvalue weighted by atomic mass is 35.5. The first kappa shape index (κ1) is 6.99. The zero-order valence-corrected chi connectivity index (χ0v) is 6.99. The molecule has 1 heterocycles. The number of benzene rings is 1. The summed E-state index contributed by atoms with van der Waals surface area (Å²) in [7, 11) is 0. The van der Waals surface area contributed by atoms with Crippen molar-refractivity contribution in [2.24, 2.45) is 0 Å². The van der Waals surface area contributed by atoms with Crippen LogP contribution < -0.4 is 5.32 Å². The largest absolute Gasteiger partial charge is 0.384 e. The summed E-state index contributed by atoms with van der Waals surface area (Å²) >= 11 is 5.71. The van der Waals surface area contributed by atoms with Gasteiger partial charge in [0.25, 0.3) is 0 Å². The lowest BCUT2D eigenvalue weighted by atomic mass is 10.1. The minimum absolute atomic E-state index is 0.618. The fourth-order valence-corrected chi connectivity index (χ4v) is 1.61. The zero-order chi connectivity index (χ0) is 7.68. The van der Waals surface area contributed by atoms with Crippen LogP contribution in [0.2, 0.25) is 0 Å². The molecule has 0 aromatic heterocycles. The van der Waals surface area contributed by atoms with E-state index in [2.05, 4.69) is 23.5 Å². The van der Waals surface area contributed by atoms with Gasteiger partial charge in [0.15, 0.2) is 0 Å².